The number of benzene rings is 1. The number of ether oxygens (including phenoxy) is 1. The Labute approximate surface area is 116 Å². The third kappa shape index (κ3) is 4.06. The summed E-state index contributed by atoms with van der Waals surface area (Å²) in [5.41, 5.74) is 4.35. The van der Waals surface area contributed by atoms with Crippen molar-refractivity contribution in [3.63, 3.8) is 0 Å². The fraction of sp³-hybridized carbons (Fsp3) is 0.286. The van der Waals surface area contributed by atoms with E-state index < -0.39 is 0 Å². The van der Waals surface area contributed by atoms with Crippen molar-refractivity contribution in [2.24, 2.45) is 0 Å². The maximum absolute atomic E-state index is 11.6. The Morgan fingerprint density at radius 3 is 2.79 bits per heavy atom. The van der Waals surface area contributed by atoms with Gasteiger partial charge in [-0.2, -0.15) is 0 Å². The second-order valence-corrected chi connectivity index (χ2v) is 4.77. The smallest absolute Gasteiger partial charge is 0.338 e. The number of esters is 1. The highest BCUT2D eigenvalue weighted by Crippen LogP contribution is 2.12. The van der Waals surface area contributed by atoms with Crippen molar-refractivity contribution in [3.05, 3.63) is 46.4 Å². The van der Waals surface area contributed by atoms with Crippen LogP contribution in [0.5, 0.6) is 0 Å². The van der Waals surface area contributed by atoms with Gasteiger partial charge in [-0.25, -0.2) is 9.78 Å². The fourth-order valence-corrected chi connectivity index (χ4v) is 2.08. The first kappa shape index (κ1) is 13.5. The minimum atomic E-state index is -0.270. The standard InChI is InChI=1S/C14H16N2O2S/c1-2-7-18-14(17)11-3-5-12(6-4-11)15-8-13-9-19-10-16-13/h3-6,9-10,15H,2,7-8H2,1H3. The van der Waals surface area contributed by atoms with Gasteiger partial charge in [0.15, 0.2) is 0 Å². The molecule has 0 saturated heterocycles. The summed E-state index contributed by atoms with van der Waals surface area (Å²) in [6.45, 7) is 3.12. The largest absolute Gasteiger partial charge is 0.462 e. The van der Waals surface area contributed by atoms with Crippen LogP contribution in [0.4, 0.5) is 5.69 Å². The molecule has 5 heteroatoms. The van der Waals surface area contributed by atoms with E-state index >= 15 is 0 Å². The normalized spacial score (nSPS) is 10.2. The zero-order valence-corrected chi connectivity index (χ0v) is 11.6. The van der Waals surface area contributed by atoms with E-state index in [1.807, 2.05) is 29.9 Å². The molecule has 0 aliphatic heterocycles. The molecule has 0 amide bonds. The molecule has 0 aliphatic rings. The zero-order valence-electron chi connectivity index (χ0n) is 10.8. The molecular formula is C14H16N2O2S. The molecule has 2 rings (SSSR count). The van der Waals surface area contributed by atoms with Crippen LogP contribution in [-0.2, 0) is 11.3 Å². The van der Waals surface area contributed by atoms with Gasteiger partial charge in [-0.1, -0.05) is 6.92 Å². The molecule has 100 valence electrons. The number of nitrogens with zero attached hydrogens (tertiary/aromatic N) is 1. The molecule has 19 heavy (non-hydrogen) atoms. The molecule has 1 aromatic heterocycles. The van der Waals surface area contributed by atoms with Crippen LogP contribution in [-0.4, -0.2) is 17.6 Å². The van der Waals surface area contributed by atoms with Crippen LogP contribution < -0.4 is 5.32 Å². The number of carbonyl (C=O) groups is 1. The maximum atomic E-state index is 11.6. The number of nitrogens with one attached hydrogen (secondary N) is 1. The maximum Gasteiger partial charge on any atom is 0.338 e. The lowest BCUT2D eigenvalue weighted by atomic mass is 10.2. The summed E-state index contributed by atoms with van der Waals surface area (Å²) in [5.74, 6) is -0.270. The summed E-state index contributed by atoms with van der Waals surface area (Å²) >= 11 is 1.58. The topological polar surface area (TPSA) is 51.2 Å². The second-order valence-electron chi connectivity index (χ2n) is 4.05. The number of hydrogen-bond donors (Lipinski definition) is 1. The van der Waals surface area contributed by atoms with Crippen LogP contribution in [0.15, 0.2) is 35.2 Å². The number of carbonyl (C=O) groups excluding carboxylic acids is 1. The average molecular weight is 276 g/mol. The van der Waals surface area contributed by atoms with Crippen molar-refractivity contribution in [1.29, 1.82) is 0 Å². The third-order valence-electron chi connectivity index (χ3n) is 2.51. The molecule has 1 heterocycles. The molecule has 1 aromatic carbocycles. The van der Waals surface area contributed by atoms with Gasteiger partial charge < -0.3 is 10.1 Å². The van der Waals surface area contributed by atoms with Gasteiger partial charge in [0.25, 0.3) is 0 Å². The number of thiazole rings is 1. The number of rotatable bonds is 6. The van der Waals surface area contributed by atoms with E-state index in [2.05, 4.69) is 10.3 Å². The van der Waals surface area contributed by atoms with Gasteiger partial charge in [0.1, 0.15) is 0 Å². The van der Waals surface area contributed by atoms with Crippen molar-refractivity contribution in [1.82, 2.24) is 4.98 Å². The Kier molecular flexibility index (Phi) is 4.92. The quantitative estimate of drug-likeness (QED) is 0.822. The summed E-state index contributed by atoms with van der Waals surface area (Å²) in [5, 5.41) is 5.25. The van der Waals surface area contributed by atoms with Gasteiger partial charge >= 0.3 is 5.97 Å². The van der Waals surface area contributed by atoms with E-state index in [0.29, 0.717) is 18.7 Å². The van der Waals surface area contributed by atoms with Crippen molar-refractivity contribution < 1.29 is 9.53 Å². The first-order chi connectivity index (χ1) is 9.29. The van der Waals surface area contributed by atoms with Gasteiger partial charge in [-0.15, -0.1) is 11.3 Å². The van der Waals surface area contributed by atoms with Crippen molar-refractivity contribution in [3.8, 4) is 0 Å². The molecule has 2 aromatic rings. The highest BCUT2D eigenvalue weighted by atomic mass is 32.1. The summed E-state index contributed by atoms with van der Waals surface area (Å²) in [4.78, 5) is 15.8. The second kappa shape index (κ2) is 6.89. The first-order valence-electron chi connectivity index (χ1n) is 6.17. The van der Waals surface area contributed by atoms with Crippen LogP contribution in [0.2, 0.25) is 0 Å². The SMILES string of the molecule is CCCOC(=O)c1ccc(NCc2cscn2)cc1. The third-order valence-corrected chi connectivity index (χ3v) is 3.15. The van der Waals surface area contributed by atoms with E-state index in [0.717, 1.165) is 17.8 Å². The molecule has 0 unspecified atom stereocenters. The lowest BCUT2D eigenvalue weighted by Gasteiger charge is -2.06. The average Bonchev–Trinajstić information content (AvgIpc) is 2.96. The van der Waals surface area contributed by atoms with Crippen LogP contribution in [0.25, 0.3) is 0 Å². The van der Waals surface area contributed by atoms with Gasteiger partial charge in [-0.3, -0.25) is 0 Å². The number of aromatic nitrogens is 1. The highest BCUT2D eigenvalue weighted by Gasteiger charge is 2.06. The zero-order chi connectivity index (χ0) is 13.5. The highest BCUT2D eigenvalue weighted by molar-refractivity contribution is 7.07. The molecule has 0 aliphatic carbocycles. The van der Waals surface area contributed by atoms with Gasteiger partial charge in [-0.05, 0) is 30.7 Å². The summed E-state index contributed by atoms with van der Waals surface area (Å²) in [6, 6.07) is 7.27. The Morgan fingerprint density at radius 1 is 1.37 bits per heavy atom. The van der Waals surface area contributed by atoms with E-state index in [4.69, 9.17) is 4.74 Å². The lowest BCUT2D eigenvalue weighted by Crippen LogP contribution is -2.06. The van der Waals surface area contributed by atoms with Crippen molar-refractivity contribution in [2.45, 2.75) is 19.9 Å². The molecule has 1 N–H and O–H groups in total. The van der Waals surface area contributed by atoms with E-state index in [9.17, 15) is 4.79 Å². The Hall–Kier alpha value is -1.88. The molecule has 0 atom stereocenters. The number of anilines is 1. The summed E-state index contributed by atoms with van der Waals surface area (Å²) in [6.07, 6.45) is 0.832. The Bertz CT molecular complexity index is 509. The van der Waals surface area contributed by atoms with Gasteiger partial charge in [0.2, 0.25) is 0 Å². The molecule has 0 spiro atoms. The van der Waals surface area contributed by atoms with Crippen LogP contribution in [0.3, 0.4) is 0 Å². The van der Waals surface area contributed by atoms with Gasteiger partial charge in [0, 0.05) is 11.1 Å². The summed E-state index contributed by atoms with van der Waals surface area (Å²) in [7, 11) is 0. The van der Waals surface area contributed by atoms with E-state index in [1.165, 1.54) is 0 Å². The molecular weight excluding hydrogens is 260 g/mol. The van der Waals surface area contributed by atoms with E-state index in [-0.39, 0.29) is 5.97 Å². The predicted octanol–water partition coefficient (Wildman–Crippen LogP) is 3.32. The minimum absolute atomic E-state index is 0.270. The van der Waals surface area contributed by atoms with E-state index in [1.54, 1.807) is 23.5 Å². The monoisotopic (exact) mass is 276 g/mol. The Morgan fingerprint density at radius 2 is 2.16 bits per heavy atom. The molecule has 0 bridgehead atoms. The van der Waals surface area contributed by atoms with Crippen molar-refractivity contribution >= 4 is 23.0 Å². The lowest BCUT2D eigenvalue weighted by molar-refractivity contribution is 0.0505. The molecule has 0 fully saturated rings. The molecule has 0 radical (unpaired) electrons. The fourth-order valence-electron chi connectivity index (χ4n) is 1.52. The summed E-state index contributed by atoms with van der Waals surface area (Å²) < 4.78 is 5.07. The minimum Gasteiger partial charge on any atom is -0.462 e. The Balaban J connectivity index is 1.89. The molecule has 0 saturated carbocycles. The molecule has 4 nitrogen and oxygen atoms in total. The van der Waals surface area contributed by atoms with Gasteiger partial charge in [0.05, 0.1) is 29.9 Å². The van der Waals surface area contributed by atoms with Crippen molar-refractivity contribution in [2.75, 3.05) is 11.9 Å². The van der Waals surface area contributed by atoms with Crippen LogP contribution >= 0.6 is 11.3 Å². The predicted molar refractivity (Wildman–Crippen MR) is 76.5 cm³/mol. The number of hydrogen-bond acceptors (Lipinski definition) is 5. The first-order valence-corrected chi connectivity index (χ1v) is 7.12. The van der Waals surface area contributed by atoms with Crippen LogP contribution in [0, 0.1) is 0 Å². The van der Waals surface area contributed by atoms with Crippen LogP contribution in [0.1, 0.15) is 29.4 Å².